The summed E-state index contributed by atoms with van der Waals surface area (Å²) in [5.41, 5.74) is 0. The second-order valence-electron chi connectivity index (χ2n) is 5.29. The number of carbonyl (C=O) groups excluding carboxylic acids is 2. The highest BCUT2D eigenvalue weighted by Crippen LogP contribution is 2.47. The van der Waals surface area contributed by atoms with Crippen LogP contribution in [0, 0.1) is 23.7 Å². The smallest absolute Gasteiger partial charge is 0.307 e. The third-order valence-corrected chi connectivity index (χ3v) is 4.40. The monoisotopic (exact) mass is 254 g/mol. The maximum absolute atomic E-state index is 11.9. The third-order valence-electron chi connectivity index (χ3n) is 4.40. The molecule has 0 aliphatic heterocycles. The Labute approximate surface area is 105 Å². The van der Waals surface area contributed by atoms with Gasteiger partial charge in [-0.25, -0.2) is 0 Å². The average molecular weight is 254 g/mol. The Hall–Kier alpha value is -1.23. The van der Waals surface area contributed by atoms with Crippen molar-refractivity contribution in [1.29, 1.82) is 0 Å². The van der Waals surface area contributed by atoms with Crippen molar-refractivity contribution >= 4 is 17.5 Å². The fourth-order valence-electron chi connectivity index (χ4n) is 3.56. The Morgan fingerprint density at radius 3 is 2.56 bits per heavy atom. The molecule has 0 bridgehead atoms. The largest absolute Gasteiger partial charge is 0.481 e. The second kappa shape index (κ2) is 4.80. The molecule has 0 aromatic rings. The van der Waals surface area contributed by atoms with Crippen molar-refractivity contribution in [1.82, 2.24) is 0 Å². The van der Waals surface area contributed by atoms with Gasteiger partial charge in [0.25, 0.3) is 0 Å². The van der Waals surface area contributed by atoms with Gasteiger partial charge in [0, 0.05) is 24.7 Å². The van der Waals surface area contributed by atoms with Crippen LogP contribution in [0.3, 0.4) is 0 Å². The number of aliphatic hydroxyl groups is 1. The van der Waals surface area contributed by atoms with Crippen molar-refractivity contribution in [3.05, 3.63) is 0 Å². The topological polar surface area (TPSA) is 91.7 Å². The van der Waals surface area contributed by atoms with Gasteiger partial charge in [0.05, 0.1) is 12.0 Å². The van der Waals surface area contributed by atoms with Crippen molar-refractivity contribution in [2.45, 2.75) is 38.7 Å². The molecule has 18 heavy (non-hydrogen) atoms. The molecular formula is C13H18O5. The Balaban J connectivity index is 2.34. The molecule has 2 aliphatic carbocycles. The molecule has 0 amide bonds. The number of Topliss-reactive ketones (excluding diaryl/α,β-unsaturated/α-hetero) is 2. The predicted octanol–water partition coefficient (Wildman–Crippen LogP) is 0.642. The SMILES string of the molecule is CCC(=O)C1C(O)CCC2C(=O)CC(C(=O)O)C21. The number of fused-ring (bicyclic) bond motifs is 1. The number of aliphatic carboxylic acids is 1. The van der Waals surface area contributed by atoms with Crippen molar-refractivity contribution in [3.63, 3.8) is 0 Å². The molecule has 2 aliphatic rings. The van der Waals surface area contributed by atoms with Crippen LogP contribution in [-0.4, -0.2) is 33.9 Å². The highest BCUT2D eigenvalue weighted by atomic mass is 16.4. The molecule has 2 saturated carbocycles. The van der Waals surface area contributed by atoms with Gasteiger partial charge in [-0.3, -0.25) is 14.4 Å². The molecule has 5 atom stereocenters. The third kappa shape index (κ3) is 1.96. The standard InChI is InChI=1S/C13H18O5/c1-2-8(14)12-9(15)4-3-6-10(16)5-7(11(6)12)13(17)18/h6-7,9,11-12,15H,2-5H2,1H3,(H,17,18). The van der Waals surface area contributed by atoms with Gasteiger partial charge in [0.2, 0.25) is 0 Å². The minimum absolute atomic E-state index is 0.00484. The van der Waals surface area contributed by atoms with E-state index < -0.39 is 29.8 Å². The van der Waals surface area contributed by atoms with Crippen LogP contribution in [0.1, 0.15) is 32.6 Å². The molecule has 2 rings (SSSR count). The molecule has 2 N–H and O–H groups in total. The summed E-state index contributed by atoms with van der Waals surface area (Å²) in [7, 11) is 0. The van der Waals surface area contributed by atoms with Crippen LogP contribution >= 0.6 is 0 Å². The lowest BCUT2D eigenvalue weighted by Gasteiger charge is -2.37. The van der Waals surface area contributed by atoms with Crippen molar-refractivity contribution < 1.29 is 24.6 Å². The molecule has 2 fully saturated rings. The Morgan fingerprint density at radius 2 is 2.00 bits per heavy atom. The number of carbonyl (C=O) groups is 3. The number of aliphatic hydroxyl groups excluding tert-OH is 1. The van der Waals surface area contributed by atoms with E-state index in [4.69, 9.17) is 0 Å². The quantitative estimate of drug-likeness (QED) is 0.771. The first-order chi connectivity index (χ1) is 8.47. The van der Waals surface area contributed by atoms with E-state index in [1.165, 1.54) is 0 Å². The van der Waals surface area contributed by atoms with Crippen LogP contribution in [0.15, 0.2) is 0 Å². The van der Waals surface area contributed by atoms with Gasteiger partial charge in [-0.2, -0.15) is 0 Å². The van der Waals surface area contributed by atoms with E-state index in [9.17, 15) is 24.6 Å². The number of carboxylic acid groups (broad SMARTS) is 1. The minimum Gasteiger partial charge on any atom is -0.481 e. The summed E-state index contributed by atoms with van der Waals surface area (Å²) in [5, 5.41) is 19.2. The van der Waals surface area contributed by atoms with Gasteiger partial charge < -0.3 is 10.2 Å². The molecule has 0 aromatic carbocycles. The highest BCUT2D eigenvalue weighted by molar-refractivity contribution is 5.92. The lowest BCUT2D eigenvalue weighted by Crippen LogP contribution is -2.45. The fraction of sp³-hybridized carbons (Fsp3) is 0.769. The van der Waals surface area contributed by atoms with Crippen molar-refractivity contribution in [3.8, 4) is 0 Å². The first-order valence-corrected chi connectivity index (χ1v) is 6.43. The Bertz CT molecular complexity index is 389. The number of rotatable bonds is 3. The zero-order valence-electron chi connectivity index (χ0n) is 10.3. The molecule has 0 radical (unpaired) electrons. The summed E-state index contributed by atoms with van der Waals surface area (Å²) < 4.78 is 0. The molecule has 0 spiro atoms. The molecule has 0 heterocycles. The zero-order valence-corrected chi connectivity index (χ0v) is 10.3. The summed E-state index contributed by atoms with van der Waals surface area (Å²) in [6.07, 6.45) is 0.389. The van der Waals surface area contributed by atoms with Crippen LogP contribution < -0.4 is 0 Å². The van der Waals surface area contributed by atoms with Crippen LogP contribution in [0.2, 0.25) is 0 Å². The second-order valence-corrected chi connectivity index (χ2v) is 5.29. The lowest BCUT2D eigenvalue weighted by molar-refractivity contribution is -0.147. The summed E-state index contributed by atoms with van der Waals surface area (Å²) >= 11 is 0. The van der Waals surface area contributed by atoms with Gasteiger partial charge >= 0.3 is 5.97 Å². The normalized spacial score (nSPS) is 39.4. The van der Waals surface area contributed by atoms with Gasteiger partial charge in [-0.15, -0.1) is 0 Å². The van der Waals surface area contributed by atoms with Crippen LogP contribution in [-0.2, 0) is 14.4 Å². The lowest BCUT2D eigenvalue weighted by atomic mass is 9.67. The molecule has 0 saturated heterocycles. The molecule has 5 unspecified atom stereocenters. The Kier molecular flexibility index (Phi) is 3.52. The molecular weight excluding hydrogens is 236 g/mol. The Morgan fingerprint density at radius 1 is 1.33 bits per heavy atom. The van der Waals surface area contributed by atoms with E-state index in [1.54, 1.807) is 6.92 Å². The van der Waals surface area contributed by atoms with E-state index in [0.717, 1.165) is 0 Å². The van der Waals surface area contributed by atoms with Gasteiger partial charge in [0.1, 0.15) is 11.6 Å². The summed E-state index contributed by atoms with van der Waals surface area (Å²) in [6, 6.07) is 0. The van der Waals surface area contributed by atoms with Crippen molar-refractivity contribution in [2.24, 2.45) is 23.7 Å². The molecule has 5 nitrogen and oxygen atoms in total. The maximum Gasteiger partial charge on any atom is 0.307 e. The number of hydrogen-bond acceptors (Lipinski definition) is 4. The summed E-state index contributed by atoms with van der Waals surface area (Å²) in [4.78, 5) is 35.0. The predicted molar refractivity (Wildman–Crippen MR) is 61.8 cm³/mol. The molecule has 0 aromatic heterocycles. The summed E-state index contributed by atoms with van der Waals surface area (Å²) in [5.74, 6) is -3.56. The van der Waals surface area contributed by atoms with Crippen molar-refractivity contribution in [2.75, 3.05) is 0 Å². The average Bonchev–Trinajstić information content (AvgIpc) is 2.66. The number of carboxylic acids is 1. The van der Waals surface area contributed by atoms with E-state index in [1.807, 2.05) is 0 Å². The van der Waals surface area contributed by atoms with E-state index in [2.05, 4.69) is 0 Å². The maximum atomic E-state index is 11.9. The van der Waals surface area contributed by atoms with Crippen LogP contribution in [0.25, 0.3) is 0 Å². The van der Waals surface area contributed by atoms with E-state index in [0.29, 0.717) is 12.8 Å². The molecule has 5 heteroatoms. The first kappa shape index (κ1) is 13.2. The number of ketones is 2. The number of hydrogen-bond donors (Lipinski definition) is 2. The minimum atomic E-state index is -1.03. The molecule has 100 valence electrons. The van der Waals surface area contributed by atoms with Gasteiger partial charge in [-0.1, -0.05) is 6.92 Å². The summed E-state index contributed by atoms with van der Waals surface area (Å²) in [6.45, 7) is 1.70. The van der Waals surface area contributed by atoms with E-state index >= 15 is 0 Å². The van der Waals surface area contributed by atoms with Crippen LogP contribution in [0.4, 0.5) is 0 Å². The fourth-order valence-corrected chi connectivity index (χ4v) is 3.56. The first-order valence-electron chi connectivity index (χ1n) is 6.43. The van der Waals surface area contributed by atoms with Crippen LogP contribution in [0.5, 0.6) is 0 Å². The zero-order chi connectivity index (χ0) is 13.4. The van der Waals surface area contributed by atoms with E-state index in [-0.39, 0.29) is 30.3 Å². The van der Waals surface area contributed by atoms with Gasteiger partial charge in [-0.05, 0) is 18.8 Å². The van der Waals surface area contributed by atoms with Gasteiger partial charge in [0.15, 0.2) is 0 Å². The highest BCUT2D eigenvalue weighted by Gasteiger charge is 2.54.